The molecular weight excluding hydrogens is 466 g/mol. The Bertz CT molecular complexity index is 1440. The number of para-hydroxylation sites is 2. The van der Waals surface area contributed by atoms with Gasteiger partial charge in [-0.25, -0.2) is 23.5 Å². The van der Waals surface area contributed by atoms with Crippen molar-refractivity contribution < 1.29 is 13.2 Å². The second-order valence-electron chi connectivity index (χ2n) is 8.44. The second kappa shape index (κ2) is 9.88. The lowest BCUT2D eigenvalue weighted by molar-refractivity contribution is 0.412. The highest BCUT2D eigenvalue weighted by Gasteiger charge is 2.34. The molecule has 0 amide bonds. The molecule has 2 atom stereocenters. The molecule has 35 heavy (non-hydrogen) atoms. The first kappa shape index (κ1) is 24.4. The average molecular weight is 494 g/mol. The van der Waals surface area contributed by atoms with E-state index in [1.54, 1.807) is 43.4 Å². The predicted octanol–water partition coefficient (Wildman–Crippen LogP) is 2.75. The number of nitrogens with two attached hydrogens (primary N) is 1. The molecule has 10 nitrogen and oxygen atoms in total. The number of hydrogen-bond donors (Lipinski definition) is 1. The largest absolute Gasteiger partial charge is 0.495 e. The van der Waals surface area contributed by atoms with E-state index in [2.05, 4.69) is 25.1 Å². The first-order valence-corrected chi connectivity index (χ1v) is 12.6. The molecule has 0 aliphatic rings. The molecule has 0 aliphatic carbocycles. The molecule has 0 bridgehead atoms. The fraction of sp³-hybridized carbons (Fsp3) is 0.292. The molecule has 0 radical (unpaired) electrons. The van der Waals surface area contributed by atoms with Gasteiger partial charge in [0.05, 0.1) is 18.0 Å². The molecule has 3 aromatic heterocycles. The molecule has 3 heterocycles. The summed E-state index contributed by atoms with van der Waals surface area (Å²) in [5.41, 5.74) is 3.22. The van der Waals surface area contributed by atoms with Crippen molar-refractivity contribution in [1.82, 2.24) is 29.7 Å². The Hall–Kier alpha value is -3.70. The molecule has 2 N–H and O–H groups in total. The lowest BCUT2D eigenvalue weighted by atomic mass is 10.0. The second-order valence-corrected chi connectivity index (χ2v) is 10.2. The summed E-state index contributed by atoms with van der Waals surface area (Å²) < 4.78 is 32.9. The third-order valence-electron chi connectivity index (χ3n) is 5.76. The highest BCUT2D eigenvalue weighted by atomic mass is 32.2. The number of benzene rings is 1. The Morgan fingerprint density at radius 3 is 2.40 bits per heavy atom. The van der Waals surface area contributed by atoms with Crippen molar-refractivity contribution in [2.45, 2.75) is 38.4 Å². The van der Waals surface area contributed by atoms with Crippen molar-refractivity contribution in [2.24, 2.45) is 5.14 Å². The van der Waals surface area contributed by atoms with Crippen molar-refractivity contribution in [3.05, 3.63) is 77.9 Å². The molecular formula is C24H27N7O3S. The monoisotopic (exact) mass is 493 g/mol. The molecule has 4 rings (SSSR count). The van der Waals surface area contributed by atoms with Crippen LogP contribution in [-0.2, 0) is 16.4 Å². The molecule has 1 aromatic carbocycles. The van der Waals surface area contributed by atoms with Crippen molar-refractivity contribution in [3.8, 4) is 22.8 Å². The predicted molar refractivity (Wildman–Crippen MR) is 132 cm³/mol. The number of hydrogen-bond acceptors (Lipinski definition) is 8. The maximum absolute atomic E-state index is 12.7. The van der Waals surface area contributed by atoms with E-state index in [-0.39, 0.29) is 6.42 Å². The van der Waals surface area contributed by atoms with Crippen LogP contribution in [0.1, 0.15) is 35.6 Å². The molecule has 0 saturated heterocycles. The van der Waals surface area contributed by atoms with Crippen LogP contribution in [0.4, 0.5) is 0 Å². The standard InChI is InChI=1S/C24H27N7O3S/c1-15-9-18(14-26-11-15)24-30-29-22(31(24)19-7-5-6-8-20(19)34-4)10-21(35(25,32)33)17(3)23-27-12-16(2)13-28-23/h5-9,11-14,17,21H,10H2,1-4H3,(H2,25,32,33). The molecule has 0 saturated carbocycles. The summed E-state index contributed by atoms with van der Waals surface area (Å²) in [7, 11) is -2.43. The number of sulfonamides is 1. The number of primary sulfonamides is 1. The van der Waals surface area contributed by atoms with Crippen LogP contribution in [0.15, 0.2) is 55.1 Å². The topological polar surface area (TPSA) is 139 Å². The zero-order valence-electron chi connectivity index (χ0n) is 20.0. The quantitative estimate of drug-likeness (QED) is 0.395. The van der Waals surface area contributed by atoms with Crippen LogP contribution >= 0.6 is 0 Å². The van der Waals surface area contributed by atoms with E-state index in [0.29, 0.717) is 28.9 Å². The zero-order chi connectivity index (χ0) is 25.2. The number of rotatable bonds is 8. The van der Waals surface area contributed by atoms with Crippen LogP contribution in [0.25, 0.3) is 17.1 Å². The smallest absolute Gasteiger partial charge is 0.213 e. The van der Waals surface area contributed by atoms with Crippen LogP contribution in [0.5, 0.6) is 5.75 Å². The Morgan fingerprint density at radius 2 is 1.74 bits per heavy atom. The number of nitrogens with zero attached hydrogens (tertiary/aromatic N) is 6. The molecule has 0 spiro atoms. The zero-order valence-corrected chi connectivity index (χ0v) is 20.8. The molecule has 0 aliphatic heterocycles. The van der Waals surface area contributed by atoms with E-state index >= 15 is 0 Å². The van der Waals surface area contributed by atoms with Crippen LogP contribution < -0.4 is 9.88 Å². The summed E-state index contributed by atoms with van der Waals surface area (Å²) in [4.78, 5) is 12.9. The summed E-state index contributed by atoms with van der Waals surface area (Å²) >= 11 is 0. The maximum atomic E-state index is 12.7. The van der Waals surface area contributed by atoms with Gasteiger partial charge in [0.1, 0.15) is 17.4 Å². The number of methoxy groups -OCH3 is 1. The van der Waals surface area contributed by atoms with E-state index in [4.69, 9.17) is 9.88 Å². The summed E-state index contributed by atoms with van der Waals surface area (Å²) in [5, 5.41) is 13.5. The first-order valence-electron chi connectivity index (χ1n) is 11.0. The number of aromatic nitrogens is 6. The highest BCUT2D eigenvalue weighted by Crippen LogP contribution is 2.31. The minimum absolute atomic E-state index is 0.0124. The number of pyridine rings is 1. The van der Waals surface area contributed by atoms with Crippen molar-refractivity contribution in [3.63, 3.8) is 0 Å². The lowest BCUT2D eigenvalue weighted by Crippen LogP contribution is -2.36. The van der Waals surface area contributed by atoms with Gasteiger partial charge >= 0.3 is 0 Å². The van der Waals surface area contributed by atoms with Gasteiger partial charge in [0.15, 0.2) is 5.82 Å². The Balaban J connectivity index is 1.86. The highest BCUT2D eigenvalue weighted by molar-refractivity contribution is 7.89. The third-order valence-corrected chi connectivity index (χ3v) is 7.18. The van der Waals surface area contributed by atoms with Gasteiger partial charge in [0, 0.05) is 42.7 Å². The molecule has 2 unspecified atom stereocenters. The lowest BCUT2D eigenvalue weighted by Gasteiger charge is -2.21. The average Bonchev–Trinajstić information content (AvgIpc) is 3.25. The number of aryl methyl sites for hydroxylation is 2. The Morgan fingerprint density at radius 1 is 1.03 bits per heavy atom. The Kier molecular flexibility index (Phi) is 6.90. The van der Waals surface area contributed by atoms with Crippen molar-refractivity contribution >= 4 is 10.0 Å². The van der Waals surface area contributed by atoms with Crippen molar-refractivity contribution in [2.75, 3.05) is 7.11 Å². The van der Waals surface area contributed by atoms with Gasteiger partial charge < -0.3 is 4.74 Å². The van der Waals surface area contributed by atoms with Crippen LogP contribution in [0, 0.1) is 13.8 Å². The van der Waals surface area contributed by atoms with E-state index in [9.17, 15) is 8.42 Å². The fourth-order valence-corrected chi connectivity index (χ4v) is 5.01. The molecule has 4 aromatic rings. The Labute approximate surface area is 204 Å². The van der Waals surface area contributed by atoms with Gasteiger partial charge in [-0.1, -0.05) is 19.1 Å². The van der Waals surface area contributed by atoms with Gasteiger partial charge in [0.2, 0.25) is 10.0 Å². The minimum Gasteiger partial charge on any atom is -0.495 e. The van der Waals surface area contributed by atoms with Gasteiger partial charge in [0.25, 0.3) is 0 Å². The van der Waals surface area contributed by atoms with Gasteiger partial charge in [-0.05, 0) is 43.2 Å². The summed E-state index contributed by atoms with van der Waals surface area (Å²) in [6.45, 7) is 5.54. The fourth-order valence-electron chi connectivity index (χ4n) is 3.94. The third kappa shape index (κ3) is 5.20. The SMILES string of the molecule is COc1ccccc1-n1c(CC(C(C)c2ncc(C)cn2)S(N)(=O)=O)nnc1-c1cncc(C)c1. The summed E-state index contributed by atoms with van der Waals surface area (Å²) in [6.07, 6.45) is 6.72. The van der Waals surface area contributed by atoms with Gasteiger partial charge in [-0.2, -0.15) is 0 Å². The number of ether oxygens (including phenoxy) is 1. The maximum Gasteiger partial charge on any atom is 0.213 e. The van der Waals surface area contributed by atoms with Gasteiger partial charge in [-0.15, -0.1) is 10.2 Å². The molecule has 182 valence electrons. The van der Waals surface area contributed by atoms with Crippen LogP contribution in [-0.4, -0.2) is 50.5 Å². The van der Waals surface area contributed by atoms with E-state index < -0.39 is 21.2 Å². The van der Waals surface area contributed by atoms with E-state index in [0.717, 1.165) is 16.7 Å². The molecule has 0 fully saturated rings. The van der Waals surface area contributed by atoms with Crippen LogP contribution in [0.2, 0.25) is 0 Å². The first-order chi connectivity index (χ1) is 16.7. The summed E-state index contributed by atoms with van der Waals surface area (Å²) in [6, 6.07) is 9.32. The normalized spacial score (nSPS) is 13.4. The van der Waals surface area contributed by atoms with Crippen LogP contribution in [0.3, 0.4) is 0 Å². The van der Waals surface area contributed by atoms with E-state index in [1.807, 2.05) is 44.2 Å². The van der Waals surface area contributed by atoms with Gasteiger partial charge in [-0.3, -0.25) is 9.55 Å². The minimum atomic E-state index is -4.00. The van der Waals surface area contributed by atoms with E-state index in [1.165, 1.54) is 0 Å². The summed E-state index contributed by atoms with van der Waals surface area (Å²) in [5.74, 6) is 1.30. The van der Waals surface area contributed by atoms with Crippen molar-refractivity contribution in [1.29, 1.82) is 0 Å². The molecule has 11 heteroatoms.